The molecule has 2 heterocycles. The Morgan fingerprint density at radius 1 is 1.20 bits per heavy atom. The lowest BCUT2D eigenvalue weighted by Gasteiger charge is -2.34. The van der Waals surface area contributed by atoms with Crippen LogP contribution in [-0.4, -0.2) is 53.5 Å². The molecule has 0 spiro atoms. The number of piperazine rings is 1. The van der Waals surface area contributed by atoms with Crippen LogP contribution in [0.1, 0.15) is 0 Å². The Morgan fingerprint density at radius 2 is 2.00 bits per heavy atom. The van der Waals surface area contributed by atoms with E-state index in [0.717, 1.165) is 38.5 Å². The summed E-state index contributed by atoms with van der Waals surface area (Å²) < 4.78 is 0. The Balaban J connectivity index is 1.88. The second kappa shape index (κ2) is 5.28. The van der Waals surface area contributed by atoms with Crippen molar-refractivity contribution in [1.29, 1.82) is 0 Å². The second-order valence-corrected chi connectivity index (χ2v) is 3.96. The molecule has 82 valence electrons. The minimum Gasteiger partial charge on any atom is -0.353 e. The van der Waals surface area contributed by atoms with Gasteiger partial charge in [-0.1, -0.05) is 0 Å². The maximum Gasteiger partial charge on any atom is 0.147 e. The largest absolute Gasteiger partial charge is 0.353 e. The van der Waals surface area contributed by atoms with Crippen molar-refractivity contribution in [1.82, 2.24) is 14.9 Å². The molecule has 0 saturated carbocycles. The molecule has 2 rings (SSSR count). The van der Waals surface area contributed by atoms with E-state index in [2.05, 4.69) is 19.8 Å². The topological polar surface area (TPSA) is 32.3 Å². The highest BCUT2D eigenvalue weighted by Crippen LogP contribution is 2.10. The van der Waals surface area contributed by atoms with E-state index in [9.17, 15) is 0 Å². The van der Waals surface area contributed by atoms with Gasteiger partial charge in [-0.05, 0) is 0 Å². The van der Waals surface area contributed by atoms with Crippen LogP contribution in [0.5, 0.6) is 0 Å². The van der Waals surface area contributed by atoms with Gasteiger partial charge < -0.3 is 4.90 Å². The van der Waals surface area contributed by atoms with Crippen molar-refractivity contribution in [3.63, 3.8) is 0 Å². The van der Waals surface area contributed by atoms with Gasteiger partial charge in [-0.2, -0.15) is 0 Å². The van der Waals surface area contributed by atoms with E-state index in [4.69, 9.17) is 11.6 Å². The van der Waals surface area contributed by atoms with Gasteiger partial charge in [0.05, 0.1) is 6.20 Å². The maximum absolute atomic E-state index is 5.71. The quantitative estimate of drug-likeness (QED) is 0.715. The Hall–Kier alpha value is -0.870. The molecule has 5 heteroatoms. The van der Waals surface area contributed by atoms with Gasteiger partial charge in [0.15, 0.2) is 0 Å². The Bertz CT molecular complexity index is 285. The van der Waals surface area contributed by atoms with Crippen LogP contribution in [0.2, 0.25) is 0 Å². The van der Waals surface area contributed by atoms with E-state index in [0.29, 0.717) is 5.88 Å². The first-order valence-electron chi connectivity index (χ1n) is 5.19. The molecule has 1 aliphatic rings. The van der Waals surface area contributed by atoms with Crippen molar-refractivity contribution < 1.29 is 0 Å². The number of halogens is 1. The molecule has 1 aliphatic heterocycles. The van der Waals surface area contributed by atoms with Crippen LogP contribution in [-0.2, 0) is 0 Å². The molecular formula is C10H15ClN4. The average Bonchev–Trinajstić information content (AvgIpc) is 2.32. The first-order chi connectivity index (χ1) is 7.40. The van der Waals surface area contributed by atoms with Crippen molar-refractivity contribution in [2.75, 3.05) is 43.5 Å². The third-order valence-electron chi connectivity index (χ3n) is 2.65. The maximum atomic E-state index is 5.71. The highest BCUT2D eigenvalue weighted by atomic mass is 35.5. The van der Waals surface area contributed by atoms with Crippen molar-refractivity contribution >= 4 is 17.4 Å². The summed E-state index contributed by atoms with van der Waals surface area (Å²) in [5.74, 6) is 1.69. The summed E-state index contributed by atoms with van der Waals surface area (Å²) in [6.07, 6.45) is 5.25. The van der Waals surface area contributed by atoms with Gasteiger partial charge in [-0.15, -0.1) is 11.6 Å². The zero-order valence-electron chi connectivity index (χ0n) is 8.64. The van der Waals surface area contributed by atoms with E-state index in [1.807, 2.05) is 6.20 Å². The highest BCUT2D eigenvalue weighted by molar-refractivity contribution is 6.18. The monoisotopic (exact) mass is 226 g/mol. The van der Waals surface area contributed by atoms with Gasteiger partial charge in [0.1, 0.15) is 5.82 Å². The van der Waals surface area contributed by atoms with E-state index < -0.39 is 0 Å². The summed E-state index contributed by atoms with van der Waals surface area (Å²) >= 11 is 5.71. The fourth-order valence-corrected chi connectivity index (χ4v) is 2.01. The summed E-state index contributed by atoms with van der Waals surface area (Å²) in [7, 11) is 0. The van der Waals surface area contributed by atoms with Crippen LogP contribution in [0.25, 0.3) is 0 Å². The molecule has 0 unspecified atom stereocenters. The van der Waals surface area contributed by atoms with Crippen LogP contribution >= 0.6 is 11.6 Å². The minimum atomic E-state index is 0.713. The molecule has 1 aromatic heterocycles. The molecule has 0 aromatic carbocycles. The van der Waals surface area contributed by atoms with Crippen molar-refractivity contribution in [3.8, 4) is 0 Å². The van der Waals surface area contributed by atoms with Crippen molar-refractivity contribution in [3.05, 3.63) is 18.6 Å². The summed E-state index contributed by atoms with van der Waals surface area (Å²) in [5.41, 5.74) is 0. The molecule has 0 N–H and O–H groups in total. The van der Waals surface area contributed by atoms with Gasteiger partial charge >= 0.3 is 0 Å². The summed E-state index contributed by atoms with van der Waals surface area (Å²) in [5, 5.41) is 0. The highest BCUT2D eigenvalue weighted by Gasteiger charge is 2.16. The predicted octanol–water partition coefficient (Wildman–Crippen LogP) is 0.837. The smallest absolute Gasteiger partial charge is 0.147 e. The molecule has 15 heavy (non-hydrogen) atoms. The predicted molar refractivity (Wildman–Crippen MR) is 61.4 cm³/mol. The van der Waals surface area contributed by atoms with Crippen LogP contribution < -0.4 is 4.90 Å². The van der Waals surface area contributed by atoms with E-state index in [-0.39, 0.29) is 0 Å². The molecule has 4 nitrogen and oxygen atoms in total. The number of nitrogens with zero attached hydrogens (tertiary/aromatic N) is 4. The number of rotatable bonds is 3. The van der Waals surface area contributed by atoms with Crippen LogP contribution in [0, 0.1) is 0 Å². The lowest BCUT2D eigenvalue weighted by atomic mass is 10.3. The van der Waals surface area contributed by atoms with Gasteiger partial charge in [-0.25, -0.2) is 4.98 Å². The molecular weight excluding hydrogens is 212 g/mol. The summed E-state index contributed by atoms with van der Waals surface area (Å²) in [6.45, 7) is 5.12. The minimum absolute atomic E-state index is 0.713. The Labute approximate surface area is 94.9 Å². The van der Waals surface area contributed by atoms with Crippen LogP contribution in [0.3, 0.4) is 0 Å². The number of anilines is 1. The fourth-order valence-electron chi connectivity index (χ4n) is 1.77. The molecule has 0 aliphatic carbocycles. The first kappa shape index (κ1) is 10.6. The van der Waals surface area contributed by atoms with Crippen molar-refractivity contribution in [2.24, 2.45) is 0 Å². The number of hydrogen-bond donors (Lipinski definition) is 0. The average molecular weight is 227 g/mol. The van der Waals surface area contributed by atoms with Gasteiger partial charge in [-0.3, -0.25) is 9.88 Å². The zero-order chi connectivity index (χ0) is 10.5. The molecule has 1 fully saturated rings. The third-order valence-corrected chi connectivity index (χ3v) is 2.82. The SMILES string of the molecule is ClCCN1CCN(c2cnccn2)CC1. The van der Waals surface area contributed by atoms with E-state index >= 15 is 0 Å². The Morgan fingerprint density at radius 3 is 2.60 bits per heavy atom. The van der Waals surface area contributed by atoms with Crippen LogP contribution in [0.4, 0.5) is 5.82 Å². The zero-order valence-corrected chi connectivity index (χ0v) is 9.40. The molecule has 0 amide bonds. The number of alkyl halides is 1. The molecule has 0 atom stereocenters. The molecule has 0 radical (unpaired) electrons. The van der Waals surface area contributed by atoms with Gasteiger partial charge in [0, 0.05) is 51.0 Å². The second-order valence-electron chi connectivity index (χ2n) is 3.58. The first-order valence-corrected chi connectivity index (χ1v) is 5.73. The third kappa shape index (κ3) is 2.79. The van der Waals surface area contributed by atoms with Crippen molar-refractivity contribution in [2.45, 2.75) is 0 Å². The summed E-state index contributed by atoms with van der Waals surface area (Å²) in [6, 6.07) is 0. The normalized spacial score (nSPS) is 18.1. The molecule has 1 aromatic rings. The Kier molecular flexibility index (Phi) is 3.75. The van der Waals surface area contributed by atoms with E-state index in [1.165, 1.54) is 0 Å². The number of hydrogen-bond acceptors (Lipinski definition) is 4. The lowest BCUT2D eigenvalue weighted by Crippen LogP contribution is -2.47. The fraction of sp³-hybridized carbons (Fsp3) is 0.600. The van der Waals surface area contributed by atoms with Gasteiger partial charge in [0.2, 0.25) is 0 Å². The lowest BCUT2D eigenvalue weighted by molar-refractivity contribution is 0.272. The standard InChI is InChI=1S/C10H15ClN4/c11-1-4-14-5-7-15(8-6-14)10-9-12-2-3-13-10/h2-3,9H,1,4-8H2. The van der Waals surface area contributed by atoms with Gasteiger partial charge in [0.25, 0.3) is 0 Å². The molecule has 0 bridgehead atoms. The molecule has 1 saturated heterocycles. The van der Waals surface area contributed by atoms with Crippen LogP contribution in [0.15, 0.2) is 18.6 Å². The summed E-state index contributed by atoms with van der Waals surface area (Å²) in [4.78, 5) is 13.0. The van der Waals surface area contributed by atoms with E-state index in [1.54, 1.807) is 12.4 Å². The number of aromatic nitrogens is 2.